The molecule has 2 rings (SSSR count). The maximum absolute atomic E-state index is 12.7. The molecular weight excluding hydrogens is 313 g/mol. The monoisotopic (exact) mass is 331 g/mol. The lowest BCUT2D eigenvalue weighted by Gasteiger charge is -2.08. The zero-order chi connectivity index (χ0) is 17.4. The lowest BCUT2D eigenvalue weighted by Crippen LogP contribution is -2.30. The number of carbonyl (C=O) groups is 2. The summed E-state index contributed by atoms with van der Waals surface area (Å²) < 4.78 is 22.6. The van der Waals surface area contributed by atoms with Gasteiger partial charge in [0, 0.05) is 6.54 Å². The van der Waals surface area contributed by atoms with E-state index in [0.717, 1.165) is 5.56 Å². The summed E-state index contributed by atoms with van der Waals surface area (Å²) in [6.45, 7) is 0.316. The van der Waals surface area contributed by atoms with Crippen LogP contribution in [0.15, 0.2) is 48.5 Å². The molecule has 1 N–H and O–H groups in total. The predicted molar refractivity (Wildman–Crippen MR) is 86.4 cm³/mol. The van der Waals surface area contributed by atoms with Crippen molar-refractivity contribution in [1.82, 2.24) is 5.32 Å². The van der Waals surface area contributed by atoms with Crippen LogP contribution in [0, 0.1) is 5.82 Å². The molecule has 0 heterocycles. The summed E-state index contributed by atoms with van der Waals surface area (Å²) in [6, 6.07) is 12.5. The number of benzene rings is 2. The molecule has 6 heteroatoms. The van der Waals surface area contributed by atoms with Crippen molar-refractivity contribution in [2.24, 2.45) is 0 Å². The SMILES string of the molecule is COC(=O)c1ccc(CCNC(=O)COc2ccc(F)cc2)cc1. The molecule has 0 aliphatic rings. The second-order valence-corrected chi connectivity index (χ2v) is 5.03. The molecule has 0 bridgehead atoms. The molecule has 0 fully saturated rings. The molecule has 0 aliphatic carbocycles. The Kier molecular flexibility index (Phi) is 6.31. The van der Waals surface area contributed by atoms with Gasteiger partial charge in [0.1, 0.15) is 11.6 Å². The Bertz CT molecular complexity index is 683. The van der Waals surface area contributed by atoms with Gasteiger partial charge in [-0.25, -0.2) is 9.18 Å². The van der Waals surface area contributed by atoms with Gasteiger partial charge in [0.25, 0.3) is 5.91 Å². The quantitative estimate of drug-likeness (QED) is 0.791. The van der Waals surface area contributed by atoms with E-state index in [1.165, 1.54) is 31.4 Å². The molecule has 0 atom stereocenters. The number of nitrogens with one attached hydrogen (secondary N) is 1. The van der Waals surface area contributed by atoms with Crippen molar-refractivity contribution < 1.29 is 23.5 Å². The lowest BCUT2D eigenvalue weighted by atomic mass is 10.1. The molecule has 0 saturated heterocycles. The Labute approximate surface area is 139 Å². The minimum Gasteiger partial charge on any atom is -0.484 e. The Balaban J connectivity index is 1.70. The first kappa shape index (κ1) is 17.5. The first-order chi connectivity index (χ1) is 11.6. The highest BCUT2D eigenvalue weighted by Gasteiger charge is 2.05. The van der Waals surface area contributed by atoms with Crippen LogP contribution in [0.3, 0.4) is 0 Å². The summed E-state index contributed by atoms with van der Waals surface area (Å²) in [5, 5.41) is 2.73. The average Bonchev–Trinajstić information content (AvgIpc) is 2.61. The molecule has 2 aromatic carbocycles. The van der Waals surface area contributed by atoms with Gasteiger partial charge in [0.15, 0.2) is 6.61 Å². The number of halogens is 1. The van der Waals surface area contributed by atoms with E-state index in [2.05, 4.69) is 10.1 Å². The Morgan fingerprint density at radius 1 is 1.04 bits per heavy atom. The molecule has 5 nitrogen and oxygen atoms in total. The largest absolute Gasteiger partial charge is 0.484 e. The van der Waals surface area contributed by atoms with Crippen LogP contribution >= 0.6 is 0 Å². The Morgan fingerprint density at radius 3 is 2.33 bits per heavy atom. The standard InChI is InChI=1S/C18H18FNO4/c1-23-18(22)14-4-2-13(3-5-14)10-11-20-17(21)12-24-16-8-6-15(19)7-9-16/h2-9H,10-12H2,1H3,(H,20,21). The van der Waals surface area contributed by atoms with E-state index in [9.17, 15) is 14.0 Å². The van der Waals surface area contributed by atoms with E-state index in [0.29, 0.717) is 24.3 Å². The van der Waals surface area contributed by atoms with Crippen molar-refractivity contribution >= 4 is 11.9 Å². The van der Waals surface area contributed by atoms with Crippen LogP contribution in [0.1, 0.15) is 15.9 Å². The number of ether oxygens (including phenoxy) is 2. The van der Waals surface area contributed by atoms with Gasteiger partial charge in [-0.3, -0.25) is 4.79 Å². The third-order valence-corrected chi connectivity index (χ3v) is 3.29. The second kappa shape index (κ2) is 8.67. The Hall–Kier alpha value is -2.89. The Morgan fingerprint density at radius 2 is 1.71 bits per heavy atom. The number of amides is 1. The molecule has 1 amide bonds. The van der Waals surface area contributed by atoms with Crippen molar-refractivity contribution in [3.8, 4) is 5.75 Å². The lowest BCUT2D eigenvalue weighted by molar-refractivity contribution is -0.123. The number of hydrogen-bond acceptors (Lipinski definition) is 4. The van der Waals surface area contributed by atoms with Crippen molar-refractivity contribution in [3.63, 3.8) is 0 Å². The minimum atomic E-state index is -0.382. The second-order valence-electron chi connectivity index (χ2n) is 5.03. The summed E-state index contributed by atoms with van der Waals surface area (Å²) in [5.74, 6) is -0.562. The maximum Gasteiger partial charge on any atom is 0.337 e. The number of rotatable bonds is 7. The summed E-state index contributed by atoms with van der Waals surface area (Å²) >= 11 is 0. The van der Waals surface area contributed by atoms with Crippen LogP contribution in [0.5, 0.6) is 5.75 Å². The van der Waals surface area contributed by atoms with Gasteiger partial charge < -0.3 is 14.8 Å². The zero-order valence-electron chi connectivity index (χ0n) is 13.3. The summed E-state index contributed by atoms with van der Waals surface area (Å²) in [4.78, 5) is 23.0. The van der Waals surface area contributed by atoms with E-state index < -0.39 is 0 Å². The van der Waals surface area contributed by atoms with Crippen molar-refractivity contribution in [2.45, 2.75) is 6.42 Å². The normalized spacial score (nSPS) is 10.1. The van der Waals surface area contributed by atoms with E-state index in [-0.39, 0.29) is 24.3 Å². The van der Waals surface area contributed by atoms with Gasteiger partial charge in [0.2, 0.25) is 0 Å². The highest BCUT2D eigenvalue weighted by molar-refractivity contribution is 5.89. The molecule has 0 unspecified atom stereocenters. The van der Waals surface area contributed by atoms with Crippen molar-refractivity contribution in [1.29, 1.82) is 0 Å². The van der Waals surface area contributed by atoms with Gasteiger partial charge in [-0.2, -0.15) is 0 Å². The van der Waals surface area contributed by atoms with Crippen LogP contribution in [0.4, 0.5) is 4.39 Å². The molecule has 0 radical (unpaired) electrons. The van der Waals surface area contributed by atoms with E-state index >= 15 is 0 Å². The number of esters is 1. The fourth-order valence-corrected chi connectivity index (χ4v) is 2.00. The molecule has 0 aliphatic heterocycles. The molecule has 2 aromatic rings. The maximum atomic E-state index is 12.7. The van der Waals surface area contributed by atoms with E-state index in [1.807, 2.05) is 12.1 Å². The highest BCUT2D eigenvalue weighted by atomic mass is 19.1. The van der Waals surface area contributed by atoms with Gasteiger partial charge in [-0.05, 0) is 48.4 Å². The van der Waals surface area contributed by atoms with Gasteiger partial charge in [0.05, 0.1) is 12.7 Å². The summed E-state index contributed by atoms with van der Waals surface area (Å²) in [5.41, 5.74) is 1.47. The van der Waals surface area contributed by atoms with Crippen LogP contribution in [-0.2, 0) is 16.0 Å². The van der Waals surface area contributed by atoms with Crippen LogP contribution in [0.25, 0.3) is 0 Å². The minimum absolute atomic E-state index is 0.132. The fourth-order valence-electron chi connectivity index (χ4n) is 2.00. The first-order valence-corrected chi connectivity index (χ1v) is 7.41. The zero-order valence-corrected chi connectivity index (χ0v) is 13.3. The van der Waals surface area contributed by atoms with E-state index in [1.54, 1.807) is 12.1 Å². The van der Waals surface area contributed by atoms with Crippen molar-refractivity contribution in [3.05, 3.63) is 65.5 Å². The molecule has 0 spiro atoms. The first-order valence-electron chi connectivity index (χ1n) is 7.41. The van der Waals surface area contributed by atoms with Crippen LogP contribution in [-0.4, -0.2) is 32.1 Å². The summed E-state index contributed by atoms with van der Waals surface area (Å²) in [7, 11) is 1.33. The predicted octanol–water partition coefficient (Wildman–Crippen LogP) is 2.35. The van der Waals surface area contributed by atoms with Gasteiger partial charge >= 0.3 is 5.97 Å². The topological polar surface area (TPSA) is 64.6 Å². The third kappa shape index (κ3) is 5.39. The number of methoxy groups -OCH3 is 1. The van der Waals surface area contributed by atoms with Crippen molar-refractivity contribution in [2.75, 3.05) is 20.3 Å². The molecule has 0 saturated carbocycles. The third-order valence-electron chi connectivity index (χ3n) is 3.29. The van der Waals surface area contributed by atoms with Gasteiger partial charge in [-0.1, -0.05) is 12.1 Å². The summed E-state index contributed by atoms with van der Waals surface area (Å²) in [6.07, 6.45) is 0.629. The van der Waals surface area contributed by atoms with E-state index in [4.69, 9.17) is 4.74 Å². The van der Waals surface area contributed by atoms with Crippen LogP contribution in [0.2, 0.25) is 0 Å². The smallest absolute Gasteiger partial charge is 0.337 e. The average molecular weight is 331 g/mol. The highest BCUT2D eigenvalue weighted by Crippen LogP contribution is 2.10. The van der Waals surface area contributed by atoms with Crippen LogP contribution < -0.4 is 10.1 Å². The number of hydrogen-bond donors (Lipinski definition) is 1. The number of carbonyl (C=O) groups excluding carboxylic acids is 2. The molecule has 24 heavy (non-hydrogen) atoms. The van der Waals surface area contributed by atoms with Gasteiger partial charge in [-0.15, -0.1) is 0 Å². The fraction of sp³-hybridized carbons (Fsp3) is 0.222. The molecule has 0 aromatic heterocycles. The molecular formula is C18H18FNO4. The molecule has 126 valence electrons.